The van der Waals surface area contributed by atoms with Crippen molar-refractivity contribution in [2.24, 2.45) is 0 Å². The molecule has 0 N–H and O–H groups in total. The molecule has 0 spiro atoms. The topological polar surface area (TPSA) is 51.6 Å². The van der Waals surface area contributed by atoms with Crippen LogP contribution >= 0.6 is 0 Å². The molecule has 2 aromatic heterocycles. The fourth-order valence-corrected chi connectivity index (χ4v) is 8.68. The van der Waals surface area contributed by atoms with Crippen molar-refractivity contribution in [3.63, 3.8) is 0 Å². The van der Waals surface area contributed by atoms with Crippen molar-refractivity contribution in [2.45, 2.75) is 38.9 Å². The Labute approximate surface area is 312 Å². The van der Waals surface area contributed by atoms with Crippen LogP contribution < -0.4 is 5.32 Å². The zero-order valence-electron chi connectivity index (χ0n) is 30.7. The first kappa shape index (κ1) is 32.8. The van der Waals surface area contributed by atoms with Crippen LogP contribution in [-0.4, -0.2) is 28.0 Å². The largest absolute Gasteiger partial charge is 0.257 e. The molecule has 0 saturated carbocycles. The van der Waals surface area contributed by atoms with Crippen molar-refractivity contribution in [3.8, 4) is 67.7 Å². The van der Waals surface area contributed by atoms with E-state index in [0.29, 0.717) is 17.5 Å². The first-order valence-corrected chi connectivity index (χ1v) is 21.8. The van der Waals surface area contributed by atoms with E-state index in [4.69, 9.17) is 19.9 Å². The highest BCUT2D eigenvalue weighted by Crippen LogP contribution is 2.51. The Kier molecular flexibility index (Phi) is 7.79. The first-order valence-electron chi connectivity index (χ1n) is 18.3. The average molecular weight is 701 g/mol. The van der Waals surface area contributed by atoms with Gasteiger partial charge in [-0.05, 0) is 63.0 Å². The summed E-state index contributed by atoms with van der Waals surface area (Å²) in [5.41, 5.74) is 12.5. The Bertz CT molecular complexity index is 2620. The number of hydrogen-bond acceptors (Lipinski definition) is 4. The molecule has 53 heavy (non-hydrogen) atoms. The SMILES string of the molecule is CC1(C)c2cc(-c3cccc(-c4nc(-c5ccccc5)nc(-c5ccccc5)n4)c3)ccc2-c2ccc(-c3nc([Si](C)(C)C)cc4ccccc34)cc21. The predicted octanol–water partition coefficient (Wildman–Crippen LogP) is 11.6. The smallest absolute Gasteiger partial charge is 0.164 e. The summed E-state index contributed by atoms with van der Waals surface area (Å²) in [7, 11) is -1.64. The van der Waals surface area contributed by atoms with E-state index >= 15 is 0 Å². The highest BCUT2D eigenvalue weighted by Gasteiger charge is 2.36. The summed E-state index contributed by atoms with van der Waals surface area (Å²) in [4.78, 5) is 20.2. The number of hydrogen-bond donors (Lipinski definition) is 0. The third-order valence-corrected chi connectivity index (χ3v) is 12.4. The van der Waals surface area contributed by atoms with Crippen LogP contribution in [0.2, 0.25) is 19.6 Å². The molecule has 5 heteroatoms. The van der Waals surface area contributed by atoms with Gasteiger partial charge in [-0.25, -0.2) is 15.0 Å². The van der Waals surface area contributed by atoms with Gasteiger partial charge in [0, 0.05) is 38.4 Å². The molecule has 0 atom stereocenters. The second kappa shape index (κ2) is 12.6. The quantitative estimate of drug-likeness (QED) is 0.162. The summed E-state index contributed by atoms with van der Waals surface area (Å²) >= 11 is 0. The van der Waals surface area contributed by atoms with E-state index in [1.807, 2.05) is 60.7 Å². The molecule has 0 saturated heterocycles. The molecule has 8 aromatic rings. The van der Waals surface area contributed by atoms with Crippen molar-refractivity contribution in [1.82, 2.24) is 19.9 Å². The van der Waals surface area contributed by atoms with Gasteiger partial charge in [-0.15, -0.1) is 0 Å². The molecule has 2 heterocycles. The van der Waals surface area contributed by atoms with Crippen LogP contribution in [0.25, 0.3) is 78.4 Å². The van der Waals surface area contributed by atoms with Crippen LogP contribution in [0.5, 0.6) is 0 Å². The number of fused-ring (bicyclic) bond motifs is 4. The lowest BCUT2D eigenvalue weighted by Crippen LogP contribution is -2.40. The third kappa shape index (κ3) is 5.87. The summed E-state index contributed by atoms with van der Waals surface area (Å²) in [6.07, 6.45) is 0. The molecule has 6 aromatic carbocycles. The van der Waals surface area contributed by atoms with E-state index in [9.17, 15) is 0 Å². The van der Waals surface area contributed by atoms with Gasteiger partial charge in [-0.3, -0.25) is 4.98 Å². The Balaban J connectivity index is 1.11. The Morgan fingerprint density at radius 3 is 1.53 bits per heavy atom. The molecule has 9 rings (SSSR count). The second-order valence-electron chi connectivity index (χ2n) is 15.6. The normalized spacial score (nSPS) is 13.2. The first-order chi connectivity index (χ1) is 25.6. The molecule has 0 radical (unpaired) electrons. The molecule has 256 valence electrons. The summed E-state index contributed by atoms with van der Waals surface area (Å²) in [6, 6.07) is 53.7. The van der Waals surface area contributed by atoms with Gasteiger partial charge in [0.15, 0.2) is 17.5 Å². The fourth-order valence-electron chi connectivity index (χ4n) is 7.64. The molecular weight excluding hydrogens is 661 g/mol. The van der Waals surface area contributed by atoms with Gasteiger partial charge in [0.05, 0.1) is 5.69 Å². The lowest BCUT2D eigenvalue weighted by molar-refractivity contribution is 0.661. The van der Waals surface area contributed by atoms with Crippen LogP contribution in [-0.2, 0) is 5.41 Å². The third-order valence-electron chi connectivity index (χ3n) is 10.6. The van der Waals surface area contributed by atoms with Crippen molar-refractivity contribution in [3.05, 3.63) is 163 Å². The number of rotatable bonds is 6. The molecule has 0 unspecified atom stereocenters. The van der Waals surface area contributed by atoms with E-state index in [0.717, 1.165) is 27.9 Å². The molecule has 4 nitrogen and oxygen atoms in total. The van der Waals surface area contributed by atoms with Crippen molar-refractivity contribution in [2.75, 3.05) is 0 Å². The Morgan fingerprint density at radius 1 is 0.415 bits per heavy atom. The average Bonchev–Trinajstić information content (AvgIpc) is 3.42. The van der Waals surface area contributed by atoms with Gasteiger partial charge in [-0.1, -0.05) is 161 Å². The van der Waals surface area contributed by atoms with E-state index in [1.54, 1.807) is 0 Å². The fraction of sp³-hybridized carbons (Fsp3) is 0.125. The molecule has 0 aliphatic heterocycles. The number of pyridine rings is 1. The Hall–Kier alpha value is -6.04. The maximum atomic E-state index is 5.34. The predicted molar refractivity (Wildman–Crippen MR) is 223 cm³/mol. The second-order valence-corrected chi connectivity index (χ2v) is 20.6. The highest BCUT2D eigenvalue weighted by molar-refractivity contribution is 6.88. The number of nitrogens with zero attached hydrogens (tertiary/aromatic N) is 4. The monoisotopic (exact) mass is 700 g/mol. The van der Waals surface area contributed by atoms with Gasteiger partial charge >= 0.3 is 0 Å². The molecular formula is C48H40N4Si. The highest BCUT2D eigenvalue weighted by atomic mass is 28.3. The lowest BCUT2D eigenvalue weighted by Gasteiger charge is -2.23. The van der Waals surface area contributed by atoms with Crippen LogP contribution in [0.4, 0.5) is 0 Å². The molecule has 0 amide bonds. The van der Waals surface area contributed by atoms with E-state index < -0.39 is 8.07 Å². The summed E-state index contributed by atoms with van der Waals surface area (Å²) in [6.45, 7) is 11.8. The van der Waals surface area contributed by atoms with E-state index in [-0.39, 0.29) is 5.41 Å². The molecule has 1 aliphatic carbocycles. The van der Waals surface area contributed by atoms with Crippen LogP contribution in [0.15, 0.2) is 152 Å². The minimum atomic E-state index is -1.64. The minimum absolute atomic E-state index is 0.191. The van der Waals surface area contributed by atoms with Gasteiger partial charge in [0.25, 0.3) is 0 Å². The van der Waals surface area contributed by atoms with E-state index in [2.05, 4.69) is 124 Å². The summed E-state index contributed by atoms with van der Waals surface area (Å²) in [5, 5.41) is 3.70. The van der Waals surface area contributed by atoms with Gasteiger partial charge in [0.2, 0.25) is 0 Å². The van der Waals surface area contributed by atoms with E-state index in [1.165, 1.54) is 49.5 Å². The molecule has 1 aliphatic rings. The minimum Gasteiger partial charge on any atom is -0.257 e. The zero-order valence-corrected chi connectivity index (χ0v) is 31.7. The van der Waals surface area contributed by atoms with Crippen molar-refractivity contribution < 1.29 is 0 Å². The molecule has 0 fully saturated rings. The summed E-state index contributed by atoms with van der Waals surface area (Å²) < 4.78 is 0. The van der Waals surface area contributed by atoms with Crippen molar-refractivity contribution in [1.29, 1.82) is 0 Å². The van der Waals surface area contributed by atoms with Gasteiger partial charge in [-0.2, -0.15) is 0 Å². The maximum Gasteiger partial charge on any atom is 0.164 e. The van der Waals surface area contributed by atoms with Crippen LogP contribution in [0, 0.1) is 0 Å². The Morgan fingerprint density at radius 2 is 0.906 bits per heavy atom. The van der Waals surface area contributed by atoms with Crippen LogP contribution in [0.1, 0.15) is 25.0 Å². The number of aromatic nitrogens is 4. The number of benzene rings is 6. The molecule has 0 bridgehead atoms. The summed E-state index contributed by atoms with van der Waals surface area (Å²) in [5.74, 6) is 1.97. The van der Waals surface area contributed by atoms with Crippen LogP contribution in [0.3, 0.4) is 0 Å². The van der Waals surface area contributed by atoms with Gasteiger partial charge in [0.1, 0.15) is 8.07 Å². The van der Waals surface area contributed by atoms with Gasteiger partial charge < -0.3 is 0 Å². The lowest BCUT2D eigenvalue weighted by atomic mass is 9.81. The maximum absolute atomic E-state index is 5.34. The zero-order chi connectivity index (χ0) is 36.3. The van der Waals surface area contributed by atoms with Crippen molar-refractivity contribution >= 4 is 24.2 Å². The standard InChI is InChI=1S/C48H40N4Si/c1-48(2)41-28-34(23-25-39(41)40-26-24-36(29-42(40)48)44-38-22-13-12-19-35(38)30-43(49-44)53(3,4)5)33-20-14-21-37(27-33)47-51-45(31-15-8-6-9-16-31)50-46(52-47)32-17-10-7-11-18-32/h6-30H,1-5H3.